The van der Waals surface area contributed by atoms with Crippen molar-refractivity contribution < 1.29 is 41.3 Å². The Morgan fingerprint density at radius 2 is 1.91 bits per heavy atom. The number of halogens is 1. The second kappa shape index (κ2) is 3.99. The summed E-state index contributed by atoms with van der Waals surface area (Å²) in [6.45, 7) is 0.135. The summed E-state index contributed by atoms with van der Waals surface area (Å²) in [5.74, 6) is 0. The molecule has 1 rings (SSSR count). The first kappa shape index (κ1) is 9.66. The van der Waals surface area contributed by atoms with E-state index < -0.39 is 18.3 Å². The van der Waals surface area contributed by atoms with Crippen LogP contribution in [0.15, 0.2) is 0 Å². The van der Waals surface area contributed by atoms with Gasteiger partial charge in [-0.15, -0.1) is 0 Å². The first-order valence-electron chi connectivity index (χ1n) is 3.30. The Morgan fingerprint density at radius 1 is 1.27 bits per heavy atom. The summed E-state index contributed by atoms with van der Waals surface area (Å²) in [6.07, 6.45) is -2.87. The average molecular weight is 275 g/mol. The van der Waals surface area contributed by atoms with E-state index >= 15 is 0 Å². The van der Waals surface area contributed by atoms with E-state index in [1.165, 1.54) is 0 Å². The normalized spacial score (nSPS) is 46.2. The van der Waals surface area contributed by atoms with Gasteiger partial charge in [-0.1, -0.05) is 0 Å². The van der Waals surface area contributed by atoms with Crippen LogP contribution >= 0.6 is 0 Å². The molecule has 1 aliphatic rings. The second-order valence-corrected chi connectivity index (χ2v) is 4.92. The molecule has 68 valence electrons. The summed E-state index contributed by atoms with van der Waals surface area (Å²) in [5.41, 5.74) is 0. The topological polar surface area (TPSA) is 69.9 Å². The van der Waals surface area contributed by atoms with Crippen molar-refractivity contribution in [2.45, 2.75) is 22.4 Å². The van der Waals surface area contributed by atoms with Gasteiger partial charge in [-0.25, -0.2) is 0 Å². The number of aliphatic hydroxyl groups is 3. The molecule has 0 aromatic carbocycles. The summed E-state index contributed by atoms with van der Waals surface area (Å²) in [5, 5.41) is 27.5. The van der Waals surface area contributed by atoms with Crippen molar-refractivity contribution in [2.75, 3.05) is 11.5 Å². The Hall–Kier alpha value is 0.570. The van der Waals surface area contributed by atoms with Gasteiger partial charge in [0.05, 0.1) is 0 Å². The molecular formula is C6H12IO4-. The quantitative estimate of drug-likeness (QED) is 0.331. The van der Waals surface area contributed by atoms with E-state index in [0.717, 1.165) is 0 Å². The number of alkyl halides is 2. The predicted molar refractivity (Wildman–Crippen MR) is 33.7 cm³/mol. The van der Waals surface area contributed by atoms with Crippen molar-refractivity contribution in [3.05, 3.63) is 0 Å². The zero-order valence-corrected chi connectivity index (χ0v) is 8.30. The average Bonchev–Trinajstić information content (AvgIpc) is 2.01. The molecule has 1 saturated heterocycles. The van der Waals surface area contributed by atoms with Crippen molar-refractivity contribution in [2.24, 2.45) is 0 Å². The SMILES string of the molecule is C[I-]C1OCC(O)C(O)C1O. The Labute approximate surface area is 75.4 Å². The molecule has 4 atom stereocenters. The molecule has 11 heavy (non-hydrogen) atoms. The second-order valence-electron chi connectivity index (χ2n) is 2.45. The van der Waals surface area contributed by atoms with Crippen LogP contribution in [0, 0.1) is 0 Å². The van der Waals surface area contributed by atoms with Crippen LogP contribution in [0.3, 0.4) is 0 Å². The maximum absolute atomic E-state index is 9.30. The van der Waals surface area contributed by atoms with Crippen molar-refractivity contribution >= 4 is 0 Å². The summed E-state index contributed by atoms with van der Waals surface area (Å²) in [6, 6.07) is 0. The Balaban J connectivity index is 2.52. The fraction of sp³-hybridized carbons (Fsp3) is 1.00. The molecule has 1 heterocycles. The fourth-order valence-corrected chi connectivity index (χ4v) is 2.69. The first-order valence-corrected chi connectivity index (χ1v) is 6.71. The van der Waals surface area contributed by atoms with E-state index in [9.17, 15) is 10.2 Å². The molecule has 0 aliphatic carbocycles. The Kier molecular flexibility index (Phi) is 3.51. The van der Waals surface area contributed by atoms with Crippen molar-refractivity contribution in [3.8, 4) is 0 Å². The predicted octanol–water partition coefficient (Wildman–Crippen LogP) is -4.86. The van der Waals surface area contributed by atoms with Gasteiger partial charge in [0.25, 0.3) is 0 Å². The van der Waals surface area contributed by atoms with Crippen LogP contribution in [0.5, 0.6) is 0 Å². The summed E-state index contributed by atoms with van der Waals surface area (Å²) < 4.78 is 4.88. The van der Waals surface area contributed by atoms with Crippen LogP contribution in [0.1, 0.15) is 0 Å². The minimum atomic E-state index is -1.03. The maximum atomic E-state index is 9.30. The standard InChI is InChI=1S/C6H12IO4/c1-7-6-5(10)4(9)3(8)2-11-6/h3-6,8-10H,2H2,1H3/q-1. The van der Waals surface area contributed by atoms with Crippen LogP contribution in [-0.2, 0) is 4.74 Å². The molecule has 0 amide bonds. The van der Waals surface area contributed by atoms with Crippen molar-refractivity contribution in [1.29, 1.82) is 0 Å². The number of aliphatic hydroxyl groups excluding tert-OH is 3. The van der Waals surface area contributed by atoms with Gasteiger partial charge in [0.1, 0.15) is 0 Å². The molecule has 4 unspecified atom stereocenters. The Bertz CT molecular complexity index is 130. The molecular weight excluding hydrogens is 263 g/mol. The molecule has 1 fully saturated rings. The van der Waals surface area contributed by atoms with Crippen LogP contribution in [0.4, 0.5) is 0 Å². The zero-order valence-electron chi connectivity index (χ0n) is 6.14. The third-order valence-corrected chi connectivity index (χ3v) is 3.98. The molecule has 0 spiro atoms. The first-order chi connectivity index (χ1) is 5.16. The van der Waals surface area contributed by atoms with Gasteiger partial charge >= 0.3 is 75.2 Å². The zero-order chi connectivity index (χ0) is 8.43. The van der Waals surface area contributed by atoms with E-state index in [1.54, 1.807) is 0 Å². The van der Waals surface area contributed by atoms with Crippen LogP contribution in [0.25, 0.3) is 0 Å². The van der Waals surface area contributed by atoms with Gasteiger partial charge in [-0.05, 0) is 0 Å². The van der Waals surface area contributed by atoms with Gasteiger partial charge in [0.2, 0.25) is 0 Å². The molecule has 0 bridgehead atoms. The van der Waals surface area contributed by atoms with E-state index in [0.29, 0.717) is 0 Å². The molecule has 0 aromatic heterocycles. The monoisotopic (exact) mass is 275 g/mol. The number of ether oxygens (including phenoxy) is 1. The number of hydrogen-bond acceptors (Lipinski definition) is 4. The van der Waals surface area contributed by atoms with Gasteiger partial charge in [-0.3, -0.25) is 0 Å². The summed E-state index contributed by atoms with van der Waals surface area (Å²) in [4.78, 5) is 1.97. The molecule has 4 nitrogen and oxygen atoms in total. The van der Waals surface area contributed by atoms with E-state index in [1.807, 2.05) is 4.93 Å². The van der Waals surface area contributed by atoms with Gasteiger partial charge in [0.15, 0.2) is 0 Å². The van der Waals surface area contributed by atoms with Gasteiger partial charge in [-0.2, -0.15) is 0 Å². The Morgan fingerprint density at radius 3 is 2.45 bits per heavy atom. The van der Waals surface area contributed by atoms with Gasteiger partial charge in [0, 0.05) is 0 Å². The van der Waals surface area contributed by atoms with E-state index in [-0.39, 0.29) is 31.9 Å². The number of hydrogen-bond donors (Lipinski definition) is 3. The molecule has 0 saturated carbocycles. The van der Waals surface area contributed by atoms with Gasteiger partial charge < -0.3 is 0 Å². The van der Waals surface area contributed by atoms with Crippen molar-refractivity contribution in [3.63, 3.8) is 0 Å². The van der Waals surface area contributed by atoms with Crippen LogP contribution in [-0.4, -0.2) is 49.3 Å². The summed E-state index contributed by atoms with van der Waals surface area (Å²) in [7, 11) is 0. The van der Waals surface area contributed by atoms with Crippen LogP contribution in [0.2, 0.25) is 0 Å². The minimum absolute atomic E-state index is 0.135. The molecule has 3 N–H and O–H groups in total. The van der Waals surface area contributed by atoms with Crippen molar-refractivity contribution in [1.82, 2.24) is 0 Å². The van der Waals surface area contributed by atoms with E-state index in [4.69, 9.17) is 9.84 Å². The van der Waals surface area contributed by atoms with E-state index in [2.05, 4.69) is 0 Å². The fourth-order valence-electron chi connectivity index (χ4n) is 0.962. The molecule has 5 heteroatoms. The molecule has 0 radical (unpaired) electrons. The van der Waals surface area contributed by atoms with Crippen LogP contribution < -0.4 is 21.2 Å². The summed E-state index contributed by atoms with van der Waals surface area (Å²) >= 11 is -0.244. The third kappa shape index (κ3) is 2.03. The third-order valence-electron chi connectivity index (χ3n) is 1.65. The number of rotatable bonds is 1. The molecule has 1 aliphatic heterocycles. The molecule has 0 aromatic rings.